The normalized spacial score (nSPS) is 10.6. The van der Waals surface area contributed by atoms with E-state index in [-0.39, 0.29) is 0 Å². The summed E-state index contributed by atoms with van der Waals surface area (Å²) in [6.45, 7) is 2.95. The minimum Gasteiger partial charge on any atom is -0.242 e. The Morgan fingerprint density at radius 3 is 2.11 bits per heavy atom. The van der Waals surface area contributed by atoms with Crippen LogP contribution in [0.2, 0.25) is 0 Å². The van der Waals surface area contributed by atoms with E-state index in [2.05, 4.69) is 11.1 Å². The van der Waals surface area contributed by atoms with Gasteiger partial charge in [0.2, 0.25) is 0 Å². The van der Waals surface area contributed by atoms with E-state index in [4.69, 9.17) is 14.7 Å². The highest BCUT2D eigenvalue weighted by Gasteiger charge is 2.36. The molecule has 0 bridgehead atoms. The number of hydrogen-bond acceptors (Lipinski definition) is 5. The standard InChI is InChI=1S/C3H6O5P/c1-2-3(4)8-9(5,6)7/h2,5-7H,1H2/q+1. The van der Waals surface area contributed by atoms with Gasteiger partial charge in [0.25, 0.3) is 0 Å². The first-order valence-electron chi connectivity index (χ1n) is 1.89. The van der Waals surface area contributed by atoms with Crippen molar-refractivity contribution in [3.05, 3.63) is 12.7 Å². The van der Waals surface area contributed by atoms with Crippen molar-refractivity contribution in [3.63, 3.8) is 0 Å². The Morgan fingerprint density at radius 2 is 2.00 bits per heavy atom. The van der Waals surface area contributed by atoms with E-state index in [1.807, 2.05) is 0 Å². The first kappa shape index (κ1) is 8.52. The number of rotatable bonds is 2. The van der Waals surface area contributed by atoms with Gasteiger partial charge in [0.1, 0.15) is 0 Å². The SMILES string of the molecule is C=CC(=O)O[P+](O)(O)O. The average molecular weight is 153 g/mol. The molecule has 0 fully saturated rings. The van der Waals surface area contributed by atoms with Crippen molar-refractivity contribution in [2.24, 2.45) is 0 Å². The van der Waals surface area contributed by atoms with Gasteiger partial charge in [-0.05, 0) is 0 Å². The lowest BCUT2D eigenvalue weighted by molar-refractivity contribution is -0.130. The van der Waals surface area contributed by atoms with Crippen LogP contribution in [0.15, 0.2) is 12.7 Å². The van der Waals surface area contributed by atoms with Gasteiger partial charge >= 0.3 is 14.1 Å². The van der Waals surface area contributed by atoms with E-state index in [0.717, 1.165) is 0 Å². The lowest BCUT2D eigenvalue weighted by Gasteiger charge is -1.97. The first-order chi connectivity index (χ1) is 3.95. The largest absolute Gasteiger partial charge is 0.617 e. The van der Waals surface area contributed by atoms with Crippen LogP contribution in [0.4, 0.5) is 0 Å². The van der Waals surface area contributed by atoms with Crippen LogP contribution in [-0.2, 0) is 9.32 Å². The van der Waals surface area contributed by atoms with Gasteiger partial charge in [-0.15, -0.1) is 0 Å². The van der Waals surface area contributed by atoms with Gasteiger partial charge in [-0.25, -0.2) is 9.32 Å². The molecule has 0 aromatic carbocycles. The zero-order valence-corrected chi connectivity index (χ0v) is 5.28. The number of carbonyl (C=O) groups excluding carboxylic acids is 1. The third-order valence-corrected chi connectivity index (χ3v) is 0.804. The van der Waals surface area contributed by atoms with Gasteiger partial charge in [-0.2, -0.15) is 14.7 Å². The molecule has 6 heteroatoms. The number of hydrogen-bond donors (Lipinski definition) is 3. The number of carbonyl (C=O) groups is 1. The molecule has 0 heterocycles. The highest BCUT2D eigenvalue weighted by atomic mass is 31.2. The molecule has 0 aliphatic carbocycles. The molecule has 0 atom stereocenters. The Labute approximate surface area is 51.9 Å². The zero-order valence-electron chi connectivity index (χ0n) is 4.39. The first-order valence-corrected chi connectivity index (χ1v) is 3.45. The van der Waals surface area contributed by atoms with Gasteiger partial charge < -0.3 is 0 Å². The molecule has 52 valence electrons. The second kappa shape index (κ2) is 2.89. The molecule has 5 nitrogen and oxygen atoms in total. The van der Waals surface area contributed by atoms with Crippen LogP contribution in [0.25, 0.3) is 0 Å². The van der Waals surface area contributed by atoms with E-state index >= 15 is 0 Å². The summed E-state index contributed by atoms with van der Waals surface area (Å²) in [5.41, 5.74) is 0. The van der Waals surface area contributed by atoms with Crippen molar-refractivity contribution in [1.29, 1.82) is 0 Å². The molecular formula is C3H6O5P+. The summed E-state index contributed by atoms with van der Waals surface area (Å²) < 4.78 is 3.61. The molecule has 0 saturated carbocycles. The summed E-state index contributed by atoms with van der Waals surface area (Å²) in [7, 11) is -4.41. The Morgan fingerprint density at radius 1 is 1.56 bits per heavy atom. The lowest BCUT2D eigenvalue weighted by Crippen LogP contribution is -2.01. The van der Waals surface area contributed by atoms with Crippen molar-refractivity contribution < 1.29 is 24.0 Å². The van der Waals surface area contributed by atoms with Gasteiger partial charge in [0.15, 0.2) is 0 Å². The third-order valence-electron chi connectivity index (χ3n) is 0.379. The maximum atomic E-state index is 10.0. The van der Waals surface area contributed by atoms with Crippen molar-refractivity contribution in [2.75, 3.05) is 0 Å². The molecule has 3 N–H and O–H groups in total. The Hall–Kier alpha value is -0.480. The molecule has 0 aliphatic heterocycles. The van der Waals surface area contributed by atoms with Gasteiger partial charge in [-0.3, -0.25) is 0 Å². The molecule has 0 spiro atoms. The fourth-order valence-corrected chi connectivity index (χ4v) is 0.474. The topological polar surface area (TPSA) is 87.0 Å². The highest BCUT2D eigenvalue weighted by Crippen LogP contribution is 2.45. The Bertz CT molecular complexity index is 125. The van der Waals surface area contributed by atoms with Crippen LogP contribution in [0, 0.1) is 0 Å². The van der Waals surface area contributed by atoms with Crippen molar-refractivity contribution >= 4 is 14.1 Å². The smallest absolute Gasteiger partial charge is 0.242 e. The van der Waals surface area contributed by atoms with Crippen LogP contribution >= 0.6 is 8.17 Å². The van der Waals surface area contributed by atoms with Crippen LogP contribution < -0.4 is 0 Å². The molecule has 0 unspecified atom stereocenters. The van der Waals surface area contributed by atoms with E-state index in [0.29, 0.717) is 6.08 Å². The minimum atomic E-state index is -4.41. The van der Waals surface area contributed by atoms with Crippen LogP contribution in [0.1, 0.15) is 0 Å². The second-order valence-electron chi connectivity index (χ2n) is 1.13. The lowest BCUT2D eigenvalue weighted by atomic mass is 10.7. The predicted octanol–water partition coefficient (Wildman–Crippen LogP) is -0.630. The third kappa shape index (κ3) is 5.39. The highest BCUT2D eigenvalue weighted by molar-refractivity contribution is 7.53. The maximum Gasteiger partial charge on any atom is 0.617 e. The van der Waals surface area contributed by atoms with Gasteiger partial charge in [0.05, 0.1) is 0 Å². The van der Waals surface area contributed by atoms with E-state index in [1.165, 1.54) is 0 Å². The average Bonchev–Trinajstić information content (AvgIpc) is 1.62. The zero-order chi connectivity index (χ0) is 7.49. The molecule has 0 aromatic rings. The molecular weight excluding hydrogens is 147 g/mol. The molecule has 9 heavy (non-hydrogen) atoms. The summed E-state index contributed by atoms with van der Waals surface area (Å²) in [4.78, 5) is 34.2. The summed E-state index contributed by atoms with van der Waals surface area (Å²) in [6, 6.07) is 0. The molecule has 0 radical (unpaired) electrons. The molecule has 0 amide bonds. The Balaban J connectivity index is 3.74. The Kier molecular flexibility index (Phi) is 2.73. The summed E-state index contributed by atoms with van der Waals surface area (Å²) in [5.74, 6) is -1.07. The quantitative estimate of drug-likeness (QED) is 0.363. The van der Waals surface area contributed by atoms with Gasteiger partial charge in [-0.1, -0.05) is 6.58 Å². The van der Waals surface area contributed by atoms with E-state index in [1.54, 1.807) is 0 Å². The summed E-state index contributed by atoms with van der Waals surface area (Å²) in [6.07, 6.45) is 0.706. The van der Waals surface area contributed by atoms with Crippen molar-refractivity contribution in [3.8, 4) is 0 Å². The van der Waals surface area contributed by atoms with Gasteiger partial charge in [0, 0.05) is 6.08 Å². The molecule has 0 aliphatic rings. The predicted molar refractivity (Wildman–Crippen MR) is 29.9 cm³/mol. The molecule has 0 aromatic heterocycles. The van der Waals surface area contributed by atoms with Crippen LogP contribution in [0.3, 0.4) is 0 Å². The maximum absolute atomic E-state index is 10.0. The van der Waals surface area contributed by atoms with E-state index < -0.39 is 14.1 Å². The van der Waals surface area contributed by atoms with E-state index in [9.17, 15) is 4.79 Å². The second-order valence-corrected chi connectivity index (χ2v) is 2.34. The summed E-state index contributed by atoms with van der Waals surface area (Å²) in [5, 5.41) is 0. The van der Waals surface area contributed by atoms with Crippen LogP contribution in [-0.4, -0.2) is 20.6 Å². The monoisotopic (exact) mass is 153 g/mol. The fourth-order valence-electron chi connectivity index (χ4n) is 0.158. The van der Waals surface area contributed by atoms with Crippen molar-refractivity contribution in [2.45, 2.75) is 0 Å². The molecule has 0 saturated heterocycles. The van der Waals surface area contributed by atoms with Crippen molar-refractivity contribution in [1.82, 2.24) is 0 Å². The molecule has 0 rings (SSSR count). The van der Waals surface area contributed by atoms with Crippen LogP contribution in [0.5, 0.6) is 0 Å². The summed E-state index contributed by atoms with van der Waals surface area (Å²) >= 11 is 0. The minimum absolute atomic E-state index is 0.706. The fraction of sp³-hybridized carbons (Fsp3) is 0.